The van der Waals surface area contributed by atoms with Gasteiger partial charge in [-0.1, -0.05) is 52.5 Å². The molecule has 1 amide bonds. The Labute approximate surface area is 224 Å². The molecular weight excluding hydrogens is 583 g/mol. The summed E-state index contributed by atoms with van der Waals surface area (Å²) in [5, 5.41) is 5.34. The maximum absolute atomic E-state index is 15.2. The summed E-state index contributed by atoms with van der Waals surface area (Å²) in [4.78, 5) is 12.3. The Balaban J connectivity index is 1.50. The summed E-state index contributed by atoms with van der Waals surface area (Å²) < 4.78 is 48.8. The van der Waals surface area contributed by atoms with Gasteiger partial charge in [-0.15, -0.1) is 11.3 Å². The number of ether oxygens (including phenoxy) is 1. The molecule has 1 aliphatic rings. The van der Waals surface area contributed by atoms with Crippen molar-refractivity contribution < 1.29 is 22.3 Å². The Morgan fingerprint density at radius 1 is 1.14 bits per heavy atom. The van der Waals surface area contributed by atoms with E-state index in [2.05, 4.69) is 5.10 Å². The van der Waals surface area contributed by atoms with Crippen LogP contribution in [-0.2, 0) is 32.7 Å². The molecule has 0 saturated carbocycles. The summed E-state index contributed by atoms with van der Waals surface area (Å²) in [5.41, 5.74) is 2.20. The molecule has 0 saturated heterocycles. The molecule has 35 heavy (non-hydrogen) atoms. The van der Waals surface area contributed by atoms with Crippen LogP contribution in [0.5, 0.6) is 0 Å². The van der Waals surface area contributed by atoms with Gasteiger partial charge < -0.3 is 4.74 Å². The first-order chi connectivity index (χ1) is 16.5. The molecular formula is C21H16Cl4FN3O4S2. The molecule has 4 rings (SSSR count). The van der Waals surface area contributed by atoms with Gasteiger partial charge in [-0.25, -0.2) is 17.5 Å². The number of amides is 1. The van der Waals surface area contributed by atoms with Gasteiger partial charge in [0.15, 0.2) is 0 Å². The molecule has 0 radical (unpaired) electrons. The second kappa shape index (κ2) is 10.8. The van der Waals surface area contributed by atoms with Crippen LogP contribution >= 0.6 is 57.7 Å². The van der Waals surface area contributed by atoms with Gasteiger partial charge in [0.2, 0.25) is 5.91 Å². The van der Waals surface area contributed by atoms with Crippen LogP contribution in [0.2, 0.25) is 19.4 Å². The number of hydrogen-bond donors (Lipinski definition) is 1. The first-order valence-corrected chi connectivity index (χ1v) is 13.8. The van der Waals surface area contributed by atoms with Crippen LogP contribution < -0.4 is 4.72 Å². The van der Waals surface area contributed by atoms with Gasteiger partial charge in [0.05, 0.1) is 36.7 Å². The van der Waals surface area contributed by atoms with Gasteiger partial charge in [0, 0.05) is 34.0 Å². The zero-order valence-electron chi connectivity index (χ0n) is 17.7. The SMILES string of the molecule is O=C(CC/C(F)=C1\COCc2cnn(Cc3ccc(Cl)cc3Cl)c21)NS(=O)(=O)c1cc(Cl)c(Cl)s1. The Morgan fingerprint density at radius 3 is 2.60 bits per heavy atom. The molecule has 0 aliphatic carbocycles. The fourth-order valence-electron chi connectivity index (χ4n) is 3.43. The quantitative estimate of drug-likeness (QED) is 0.355. The van der Waals surface area contributed by atoms with E-state index >= 15 is 4.39 Å². The number of nitrogens with zero attached hydrogens (tertiary/aromatic N) is 2. The Kier molecular flexibility index (Phi) is 8.12. The van der Waals surface area contributed by atoms with Crippen LogP contribution in [0.4, 0.5) is 4.39 Å². The van der Waals surface area contributed by atoms with Crippen molar-refractivity contribution >= 4 is 79.2 Å². The smallest absolute Gasteiger partial charge is 0.273 e. The van der Waals surface area contributed by atoms with Crippen LogP contribution in [0.3, 0.4) is 0 Å². The highest BCUT2D eigenvalue weighted by Crippen LogP contribution is 2.35. The van der Waals surface area contributed by atoms with E-state index in [0.717, 1.165) is 11.6 Å². The maximum atomic E-state index is 15.2. The third-order valence-corrected chi connectivity index (χ3v) is 9.37. The zero-order chi connectivity index (χ0) is 25.3. The van der Waals surface area contributed by atoms with Gasteiger partial charge in [0.1, 0.15) is 14.4 Å². The van der Waals surface area contributed by atoms with Gasteiger partial charge in [-0.3, -0.25) is 9.48 Å². The van der Waals surface area contributed by atoms with E-state index in [0.29, 0.717) is 32.6 Å². The number of benzene rings is 1. The third kappa shape index (κ3) is 6.02. The number of hydrogen-bond acceptors (Lipinski definition) is 6. The molecule has 3 heterocycles. The van der Waals surface area contributed by atoms with E-state index in [4.69, 9.17) is 51.1 Å². The van der Waals surface area contributed by atoms with Gasteiger partial charge >= 0.3 is 0 Å². The number of fused-ring (bicyclic) bond motifs is 1. The summed E-state index contributed by atoms with van der Waals surface area (Å²) in [7, 11) is -4.17. The van der Waals surface area contributed by atoms with Crippen LogP contribution in [0.25, 0.3) is 5.57 Å². The van der Waals surface area contributed by atoms with E-state index in [1.54, 1.807) is 29.1 Å². The Morgan fingerprint density at radius 2 is 1.91 bits per heavy atom. The van der Waals surface area contributed by atoms with Crippen LogP contribution in [0.1, 0.15) is 29.7 Å². The minimum Gasteiger partial charge on any atom is -0.372 e. The number of sulfonamides is 1. The van der Waals surface area contributed by atoms with Crippen molar-refractivity contribution in [2.24, 2.45) is 0 Å². The normalized spacial score (nSPS) is 15.1. The van der Waals surface area contributed by atoms with Crippen molar-refractivity contribution in [2.75, 3.05) is 6.61 Å². The largest absolute Gasteiger partial charge is 0.372 e. The molecule has 0 spiro atoms. The Hall–Kier alpha value is -1.66. The summed E-state index contributed by atoms with van der Waals surface area (Å²) in [5.74, 6) is -1.48. The second-order valence-electron chi connectivity index (χ2n) is 7.50. The fourth-order valence-corrected chi connectivity index (χ4v) is 6.80. The van der Waals surface area contributed by atoms with Crippen molar-refractivity contribution in [1.82, 2.24) is 14.5 Å². The number of halogens is 5. The zero-order valence-corrected chi connectivity index (χ0v) is 22.3. The number of allylic oxidation sites excluding steroid dienone is 1. The average Bonchev–Trinajstić information content (AvgIpc) is 3.37. The molecule has 1 aliphatic heterocycles. The number of thiophene rings is 1. The van der Waals surface area contributed by atoms with E-state index < -0.39 is 28.2 Å². The molecule has 186 valence electrons. The second-order valence-corrected chi connectivity index (χ2v) is 12.3. The van der Waals surface area contributed by atoms with E-state index in [-0.39, 0.29) is 45.3 Å². The highest BCUT2D eigenvalue weighted by atomic mass is 35.5. The van der Waals surface area contributed by atoms with Crippen LogP contribution in [-0.4, -0.2) is 30.7 Å². The first kappa shape index (κ1) is 26.4. The highest BCUT2D eigenvalue weighted by Gasteiger charge is 2.26. The van der Waals surface area contributed by atoms with E-state index in [9.17, 15) is 13.2 Å². The summed E-state index contributed by atoms with van der Waals surface area (Å²) in [6, 6.07) is 6.21. The van der Waals surface area contributed by atoms with Crippen molar-refractivity contribution in [2.45, 2.75) is 30.2 Å². The standard InChI is InChI=1S/C21H16Cl4FN3O4S2/c22-13-2-1-11(15(23)5-13)8-29-20-12(7-27-29)9-33-10-14(20)17(26)3-4-18(30)28-35(31,32)19-6-16(24)21(25)34-19/h1-2,5-7H,3-4,8-10H2,(H,28,30)/b17-14-. The lowest BCUT2D eigenvalue weighted by Gasteiger charge is -2.19. The van der Waals surface area contributed by atoms with Crippen molar-refractivity contribution in [3.63, 3.8) is 0 Å². The third-order valence-electron chi connectivity index (χ3n) is 5.07. The number of nitrogens with one attached hydrogen (secondary N) is 1. The number of carbonyl (C=O) groups is 1. The summed E-state index contributed by atoms with van der Waals surface area (Å²) in [6.45, 7) is 0.503. The molecule has 3 aromatic rings. The molecule has 1 N–H and O–H groups in total. The lowest BCUT2D eigenvalue weighted by atomic mass is 10.0. The molecule has 2 aromatic heterocycles. The average molecular weight is 599 g/mol. The summed E-state index contributed by atoms with van der Waals surface area (Å²) >= 11 is 24.5. The molecule has 14 heteroatoms. The number of aromatic nitrogens is 2. The van der Waals surface area contributed by atoms with E-state index in [1.807, 2.05) is 4.72 Å². The maximum Gasteiger partial charge on any atom is 0.273 e. The number of carbonyl (C=O) groups excluding carboxylic acids is 1. The van der Waals surface area contributed by atoms with Crippen LogP contribution in [0, 0.1) is 0 Å². The summed E-state index contributed by atoms with van der Waals surface area (Å²) in [6.07, 6.45) is 0.842. The fraction of sp³-hybridized carbons (Fsp3) is 0.238. The van der Waals surface area contributed by atoms with Gasteiger partial charge in [-0.2, -0.15) is 5.10 Å². The minimum atomic E-state index is -4.17. The lowest BCUT2D eigenvalue weighted by molar-refractivity contribution is -0.119. The Bertz CT molecular complexity index is 1420. The monoisotopic (exact) mass is 597 g/mol. The molecule has 0 atom stereocenters. The molecule has 0 unspecified atom stereocenters. The molecule has 0 fully saturated rings. The predicted octanol–water partition coefficient (Wildman–Crippen LogP) is 6.10. The predicted molar refractivity (Wildman–Crippen MR) is 134 cm³/mol. The topological polar surface area (TPSA) is 90.3 Å². The minimum absolute atomic E-state index is 0.0228. The molecule has 1 aromatic carbocycles. The van der Waals surface area contributed by atoms with Crippen LogP contribution in [0.15, 0.2) is 40.5 Å². The molecule has 0 bridgehead atoms. The lowest BCUT2D eigenvalue weighted by Crippen LogP contribution is -2.29. The van der Waals surface area contributed by atoms with Gasteiger partial charge in [0.25, 0.3) is 10.0 Å². The van der Waals surface area contributed by atoms with Crippen molar-refractivity contribution in [3.05, 3.63) is 72.5 Å². The van der Waals surface area contributed by atoms with Gasteiger partial charge in [-0.05, 0) is 23.8 Å². The number of rotatable bonds is 7. The highest BCUT2D eigenvalue weighted by molar-refractivity contribution is 7.92. The van der Waals surface area contributed by atoms with Crippen molar-refractivity contribution in [3.8, 4) is 0 Å². The van der Waals surface area contributed by atoms with Crippen molar-refractivity contribution in [1.29, 1.82) is 0 Å². The van der Waals surface area contributed by atoms with E-state index in [1.165, 1.54) is 0 Å². The first-order valence-electron chi connectivity index (χ1n) is 10.00. The molecule has 7 nitrogen and oxygen atoms in total.